The summed E-state index contributed by atoms with van der Waals surface area (Å²) < 4.78 is 17.1. The highest BCUT2D eigenvalue weighted by atomic mass is 32.2. The molecule has 3 N–H and O–H groups in total. The number of carboxylic acids is 1. The zero-order valence-corrected chi connectivity index (χ0v) is 20.1. The third-order valence-electron chi connectivity index (χ3n) is 4.74. The molecule has 0 spiro atoms. The molecule has 0 aliphatic heterocycles. The maximum Gasteiger partial charge on any atom is 0.412 e. The molecule has 0 saturated heterocycles. The first-order valence-corrected chi connectivity index (χ1v) is 12.2. The van der Waals surface area contributed by atoms with Gasteiger partial charge in [-0.15, -0.1) is 11.8 Å². The minimum Gasteiger partial charge on any atom is -0.491 e. The third-order valence-corrected chi connectivity index (χ3v) is 5.48. The van der Waals surface area contributed by atoms with Crippen molar-refractivity contribution in [2.45, 2.75) is 36.9 Å². The Labute approximate surface area is 203 Å². The number of anilines is 1. The zero-order chi connectivity index (χ0) is 24.8. The van der Waals surface area contributed by atoms with Crippen LogP contribution in [0.1, 0.15) is 31.4 Å². The molecule has 0 fully saturated rings. The number of nitrogens with one attached hydrogen (secondary N) is 1. The van der Waals surface area contributed by atoms with Crippen molar-refractivity contribution in [2.75, 3.05) is 31.4 Å². The van der Waals surface area contributed by atoms with Gasteiger partial charge in [0.25, 0.3) is 0 Å². The van der Waals surface area contributed by atoms with Crippen LogP contribution in [0.5, 0.6) is 5.75 Å². The lowest BCUT2D eigenvalue weighted by Gasteiger charge is -2.27. The Morgan fingerprint density at radius 3 is 2.41 bits per heavy atom. The zero-order valence-electron chi connectivity index (χ0n) is 19.3. The second-order valence-electron chi connectivity index (χ2n) is 7.13. The molecule has 2 rings (SSSR count). The van der Waals surface area contributed by atoms with Gasteiger partial charge in [-0.05, 0) is 68.0 Å². The number of aliphatic carboxylic acids is 1. The predicted molar refractivity (Wildman–Crippen MR) is 132 cm³/mol. The average Bonchev–Trinajstić information content (AvgIpc) is 2.84. The average molecular weight is 490 g/mol. The van der Waals surface area contributed by atoms with E-state index in [0.29, 0.717) is 36.4 Å². The van der Waals surface area contributed by atoms with Gasteiger partial charge in [0.2, 0.25) is 0 Å². The number of carboxylic acid groups (broad SMARTS) is 1. The molecule has 0 heterocycles. The largest absolute Gasteiger partial charge is 0.491 e. The summed E-state index contributed by atoms with van der Waals surface area (Å²) >= 11 is 1.60. The fraction of sp³-hybridized carbons (Fsp3) is 0.360. The minimum atomic E-state index is -1.02. The second kappa shape index (κ2) is 15.0. The minimum absolute atomic E-state index is 0.0954. The van der Waals surface area contributed by atoms with E-state index in [-0.39, 0.29) is 13.2 Å². The molecule has 0 saturated carbocycles. The van der Waals surface area contributed by atoms with Crippen LogP contribution in [-0.2, 0) is 14.3 Å². The van der Waals surface area contributed by atoms with E-state index in [9.17, 15) is 9.59 Å². The van der Waals surface area contributed by atoms with Crippen molar-refractivity contribution < 1.29 is 34.0 Å². The highest BCUT2D eigenvalue weighted by Gasteiger charge is 2.27. The number of aliphatic hydroxyl groups is 1. The summed E-state index contributed by atoms with van der Waals surface area (Å²) in [4.78, 5) is 24.6. The predicted octanol–water partition coefficient (Wildman–Crippen LogP) is 4.90. The van der Waals surface area contributed by atoms with E-state index >= 15 is 0 Å². The van der Waals surface area contributed by atoms with Gasteiger partial charge in [0.05, 0.1) is 12.7 Å². The van der Waals surface area contributed by atoms with Gasteiger partial charge in [-0.1, -0.05) is 18.2 Å². The number of carbonyl (C=O) groups is 2. The number of thioether (sulfide) groups is 1. The van der Waals surface area contributed by atoms with Gasteiger partial charge in [-0.25, -0.2) is 9.59 Å². The van der Waals surface area contributed by atoms with Gasteiger partial charge in [-0.2, -0.15) is 0 Å². The van der Waals surface area contributed by atoms with Crippen molar-refractivity contribution in [1.82, 2.24) is 0 Å². The summed E-state index contributed by atoms with van der Waals surface area (Å²) in [5.41, 5.74) is 1.30. The van der Waals surface area contributed by atoms with E-state index in [1.54, 1.807) is 54.2 Å². The Balaban J connectivity index is 2.20. The van der Waals surface area contributed by atoms with E-state index in [0.717, 1.165) is 11.0 Å². The lowest BCUT2D eigenvalue weighted by atomic mass is 10.00. The number of hydrogen-bond donors (Lipinski definition) is 3. The van der Waals surface area contributed by atoms with Gasteiger partial charge >= 0.3 is 12.1 Å². The van der Waals surface area contributed by atoms with Crippen LogP contribution in [0.25, 0.3) is 0 Å². The summed E-state index contributed by atoms with van der Waals surface area (Å²) in [5.74, 6) is -0.446. The maximum absolute atomic E-state index is 12.7. The van der Waals surface area contributed by atoms with Crippen LogP contribution < -0.4 is 10.1 Å². The van der Waals surface area contributed by atoms with Crippen LogP contribution in [-0.4, -0.2) is 54.5 Å². The number of hydrogen-bond acceptors (Lipinski definition) is 7. The fourth-order valence-corrected chi connectivity index (χ4v) is 3.60. The quantitative estimate of drug-likeness (QED) is 0.254. The number of ether oxygens (including phenoxy) is 3. The number of amides is 1. The number of allylic oxidation sites excluding steroid dienone is 1. The monoisotopic (exact) mass is 489 g/mol. The van der Waals surface area contributed by atoms with E-state index in [4.69, 9.17) is 24.4 Å². The Morgan fingerprint density at radius 1 is 1.12 bits per heavy atom. The number of rotatable bonds is 14. The second-order valence-corrected chi connectivity index (χ2v) is 8.01. The number of carbonyl (C=O) groups excluding carboxylic acids is 1. The van der Waals surface area contributed by atoms with E-state index < -0.39 is 24.3 Å². The molecule has 0 aromatic heterocycles. The standard InChI is InChI=1S/C25H31NO7S/c1-3-31-22(6-4-5-7-23(28)29)24(18-8-12-20(13-9-18)32-17-16-27)33-25(30)26-19-10-14-21(34-2)15-11-19/h5,7-15,22,24,27H,3-4,6,16-17H2,1-2H3,(H,26,30)(H,28,29)/b7-5+/t22-,24-/m1/s1. The Hall–Kier alpha value is -3.01. The van der Waals surface area contributed by atoms with Crippen LogP contribution in [0.3, 0.4) is 0 Å². The van der Waals surface area contributed by atoms with E-state index in [1.807, 2.05) is 25.3 Å². The molecule has 9 heteroatoms. The van der Waals surface area contributed by atoms with Crippen molar-refractivity contribution >= 4 is 29.5 Å². The molecule has 0 aliphatic carbocycles. The van der Waals surface area contributed by atoms with Crippen LogP contribution in [0.2, 0.25) is 0 Å². The fourth-order valence-electron chi connectivity index (χ4n) is 3.19. The molecule has 2 atom stereocenters. The van der Waals surface area contributed by atoms with Gasteiger partial charge in [0.1, 0.15) is 12.4 Å². The van der Waals surface area contributed by atoms with Crippen LogP contribution >= 0.6 is 11.8 Å². The lowest BCUT2D eigenvalue weighted by molar-refractivity contribution is -0.131. The summed E-state index contributed by atoms with van der Waals surface area (Å²) in [7, 11) is 0. The van der Waals surface area contributed by atoms with Gasteiger partial charge < -0.3 is 24.4 Å². The van der Waals surface area contributed by atoms with Crippen LogP contribution in [0.4, 0.5) is 10.5 Å². The Morgan fingerprint density at radius 2 is 1.82 bits per heavy atom. The normalized spacial score (nSPS) is 12.8. The van der Waals surface area contributed by atoms with Gasteiger partial charge in [0, 0.05) is 23.3 Å². The molecule has 8 nitrogen and oxygen atoms in total. The molecule has 34 heavy (non-hydrogen) atoms. The molecule has 0 bridgehead atoms. The highest BCUT2D eigenvalue weighted by molar-refractivity contribution is 7.98. The maximum atomic E-state index is 12.7. The molecule has 2 aromatic rings. The van der Waals surface area contributed by atoms with Gasteiger partial charge in [-0.3, -0.25) is 5.32 Å². The van der Waals surface area contributed by atoms with Gasteiger partial charge in [0.15, 0.2) is 6.10 Å². The first kappa shape index (κ1) is 27.2. The van der Waals surface area contributed by atoms with Crippen molar-refractivity contribution in [3.8, 4) is 5.75 Å². The molecule has 1 amide bonds. The smallest absolute Gasteiger partial charge is 0.412 e. The molecular formula is C25H31NO7S. The number of aliphatic hydroxyl groups excluding tert-OH is 1. The molecule has 0 radical (unpaired) electrons. The Kier molecular flexibility index (Phi) is 12.0. The van der Waals surface area contributed by atoms with Crippen molar-refractivity contribution in [1.29, 1.82) is 0 Å². The van der Waals surface area contributed by atoms with Crippen molar-refractivity contribution in [3.05, 3.63) is 66.2 Å². The van der Waals surface area contributed by atoms with Crippen molar-refractivity contribution in [2.24, 2.45) is 0 Å². The first-order chi connectivity index (χ1) is 16.5. The lowest BCUT2D eigenvalue weighted by Crippen LogP contribution is -2.29. The SMILES string of the molecule is CCO[C@H](CC/C=C/C(=O)O)[C@H](OC(=O)Nc1ccc(SC)cc1)c1ccc(OCCO)cc1. The molecular weight excluding hydrogens is 458 g/mol. The molecule has 184 valence electrons. The first-order valence-electron chi connectivity index (χ1n) is 10.9. The van der Waals surface area contributed by atoms with Crippen LogP contribution in [0.15, 0.2) is 65.6 Å². The highest BCUT2D eigenvalue weighted by Crippen LogP contribution is 2.29. The summed E-state index contributed by atoms with van der Waals surface area (Å²) in [6, 6.07) is 14.4. The summed E-state index contributed by atoms with van der Waals surface area (Å²) in [6.07, 6.45) is 3.61. The Bertz CT molecular complexity index is 916. The van der Waals surface area contributed by atoms with Crippen LogP contribution in [0, 0.1) is 0 Å². The van der Waals surface area contributed by atoms with E-state index in [1.165, 1.54) is 0 Å². The molecule has 0 aliphatic rings. The topological polar surface area (TPSA) is 114 Å². The molecule has 0 unspecified atom stereocenters. The summed E-state index contributed by atoms with van der Waals surface area (Å²) in [6.45, 7) is 2.31. The van der Waals surface area contributed by atoms with E-state index in [2.05, 4.69) is 5.32 Å². The molecule has 2 aromatic carbocycles. The third kappa shape index (κ3) is 9.46. The summed E-state index contributed by atoms with van der Waals surface area (Å²) in [5, 5.41) is 20.5. The van der Waals surface area contributed by atoms with Crippen molar-refractivity contribution in [3.63, 3.8) is 0 Å². The number of benzene rings is 2.